The summed E-state index contributed by atoms with van der Waals surface area (Å²) >= 11 is 0. The number of benzene rings is 1. The summed E-state index contributed by atoms with van der Waals surface area (Å²) in [6.45, 7) is 5.89. The predicted octanol–water partition coefficient (Wildman–Crippen LogP) is 0.0585. The number of piperidine rings is 1. The van der Waals surface area contributed by atoms with Crippen molar-refractivity contribution in [3.05, 3.63) is 52.6 Å². The van der Waals surface area contributed by atoms with Crippen molar-refractivity contribution in [2.45, 2.75) is 12.6 Å². The summed E-state index contributed by atoms with van der Waals surface area (Å²) < 4.78 is 1.48. The lowest BCUT2D eigenvalue weighted by Gasteiger charge is -2.27. The average molecular weight is 409 g/mol. The number of hydrogen-bond acceptors (Lipinski definition) is 6. The number of nitrogens with two attached hydrogens (primary N) is 1. The fourth-order valence-corrected chi connectivity index (χ4v) is 4.53. The van der Waals surface area contributed by atoms with Crippen LogP contribution in [0, 0.1) is 11.8 Å². The number of rotatable bonds is 4. The number of nitrogens with one attached hydrogen (secondary N) is 2. The van der Waals surface area contributed by atoms with Crippen molar-refractivity contribution in [1.29, 1.82) is 0 Å². The number of urea groups is 1. The van der Waals surface area contributed by atoms with Crippen LogP contribution in [0.4, 0.5) is 10.6 Å². The molecule has 0 bridgehead atoms. The molecule has 0 radical (unpaired) electrons. The summed E-state index contributed by atoms with van der Waals surface area (Å²) in [6, 6.07) is 9.78. The molecule has 2 unspecified atom stereocenters. The third-order valence-electron chi connectivity index (χ3n) is 6.40. The number of amides is 2. The van der Waals surface area contributed by atoms with E-state index in [4.69, 9.17) is 5.73 Å². The molecule has 158 valence electrons. The number of carbonyl (C=O) groups is 1. The Hall–Kier alpha value is -2.75. The Bertz CT molecular complexity index is 972. The number of fused-ring (bicyclic) bond motifs is 1. The molecule has 1 saturated carbocycles. The van der Waals surface area contributed by atoms with E-state index in [0.29, 0.717) is 31.0 Å². The van der Waals surface area contributed by atoms with Gasteiger partial charge in [-0.25, -0.2) is 9.59 Å². The number of nitrogens with zero attached hydrogens (tertiary/aromatic N) is 4. The van der Waals surface area contributed by atoms with E-state index in [9.17, 15) is 9.59 Å². The Morgan fingerprint density at radius 2 is 1.83 bits per heavy atom. The molecule has 9 heteroatoms. The number of piperazine rings is 1. The van der Waals surface area contributed by atoms with Crippen molar-refractivity contribution in [3.63, 3.8) is 0 Å². The van der Waals surface area contributed by atoms with Crippen LogP contribution >= 0.6 is 0 Å². The topological polar surface area (TPSA) is 109 Å². The van der Waals surface area contributed by atoms with Gasteiger partial charge in [0.25, 0.3) is 0 Å². The van der Waals surface area contributed by atoms with E-state index in [1.165, 1.54) is 10.1 Å². The summed E-state index contributed by atoms with van der Waals surface area (Å²) in [4.78, 5) is 32.9. The van der Waals surface area contributed by atoms with Gasteiger partial charge in [-0.3, -0.25) is 14.8 Å². The maximum atomic E-state index is 12.5. The third kappa shape index (κ3) is 3.83. The Morgan fingerprint density at radius 3 is 2.50 bits per heavy atom. The smallest absolute Gasteiger partial charge is 0.327 e. The molecule has 2 saturated heterocycles. The molecule has 1 aliphatic carbocycles. The van der Waals surface area contributed by atoms with Gasteiger partial charge in [-0.05, 0) is 35.6 Å². The van der Waals surface area contributed by atoms with Gasteiger partial charge in [0.05, 0.1) is 5.69 Å². The van der Waals surface area contributed by atoms with Crippen LogP contribution in [-0.2, 0) is 6.54 Å². The molecule has 2 aromatic rings. The highest BCUT2D eigenvalue weighted by molar-refractivity contribution is 5.88. The van der Waals surface area contributed by atoms with E-state index in [1.54, 1.807) is 17.2 Å². The van der Waals surface area contributed by atoms with Gasteiger partial charge in [-0.1, -0.05) is 12.1 Å². The molecule has 5 rings (SSSR count). The second-order valence-electron chi connectivity index (χ2n) is 8.40. The van der Waals surface area contributed by atoms with Crippen LogP contribution in [0.5, 0.6) is 0 Å². The van der Waals surface area contributed by atoms with Crippen LogP contribution in [0.25, 0.3) is 5.69 Å². The summed E-state index contributed by atoms with van der Waals surface area (Å²) in [7, 11) is 0. The van der Waals surface area contributed by atoms with Crippen molar-refractivity contribution in [2.75, 3.05) is 44.6 Å². The van der Waals surface area contributed by atoms with E-state index in [-0.39, 0.29) is 11.8 Å². The summed E-state index contributed by atoms with van der Waals surface area (Å²) in [6.07, 6.45) is 1.65. The van der Waals surface area contributed by atoms with Crippen LogP contribution in [-0.4, -0.2) is 70.7 Å². The molecule has 3 atom stereocenters. The molecule has 3 heterocycles. The summed E-state index contributed by atoms with van der Waals surface area (Å²) in [5, 5.41) is 5.91. The second kappa shape index (κ2) is 7.82. The van der Waals surface area contributed by atoms with Crippen molar-refractivity contribution in [2.24, 2.45) is 17.6 Å². The van der Waals surface area contributed by atoms with Gasteiger partial charge in [0.2, 0.25) is 0 Å². The lowest BCUT2D eigenvalue weighted by molar-refractivity contribution is 0.204. The standard InChI is InChI=1S/C21H27N7O2/c22-19-16-12-26(13-17(16)19)11-14-1-3-15(4-2-14)28-8-5-18(25-21(28)30)24-20(29)27-9-6-23-7-10-27/h1-5,8,16-17,19,23H,6-7,9-13,22H2,(H,24,25,29,30)/t16-,17?,19?/m1/s1. The zero-order valence-corrected chi connectivity index (χ0v) is 16.8. The lowest BCUT2D eigenvalue weighted by Crippen LogP contribution is -2.48. The van der Waals surface area contributed by atoms with Crippen molar-refractivity contribution in [1.82, 2.24) is 24.7 Å². The zero-order chi connectivity index (χ0) is 20.7. The van der Waals surface area contributed by atoms with Crippen LogP contribution in [0.3, 0.4) is 0 Å². The minimum absolute atomic E-state index is 0.231. The first kappa shape index (κ1) is 19.2. The van der Waals surface area contributed by atoms with Gasteiger partial charge in [0.1, 0.15) is 5.82 Å². The average Bonchev–Trinajstić information content (AvgIpc) is 3.16. The van der Waals surface area contributed by atoms with Crippen molar-refractivity contribution < 1.29 is 4.79 Å². The van der Waals surface area contributed by atoms with Gasteiger partial charge >= 0.3 is 11.7 Å². The van der Waals surface area contributed by atoms with E-state index in [0.717, 1.165) is 38.4 Å². The Kier molecular flexibility index (Phi) is 5.01. The number of aromatic nitrogens is 2. The Labute approximate surface area is 174 Å². The minimum Gasteiger partial charge on any atom is -0.327 e. The van der Waals surface area contributed by atoms with E-state index in [1.807, 2.05) is 24.3 Å². The molecule has 9 nitrogen and oxygen atoms in total. The first-order valence-corrected chi connectivity index (χ1v) is 10.5. The van der Waals surface area contributed by atoms with Gasteiger partial charge in [0, 0.05) is 58.1 Å². The minimum atomic E-state index is -0.422. The first-order chi connectivity index (χ1) is 14.6. The summed E-state index contributed by atoms with van der Waals surface area (Å²) in [5.41, 5.74) is 7.56. The molecule has 2 amide bonds. The highest BCUT2D eigenvalue weighted by atomic mass is 16.2. The van der Waals surface area contributed by atoms with E-state index in [2.05, 4.69) is 20.5 Å². The molecule has 1 aromatic heterocycles. The molecular formula is C21H27N7O2. The number of likely N-dealkylation sites (tertiary alicyclic amines) is 1. The summed E-state index contributed by atoms with van der Waals surface area (Å²) in [5.74, 6) is 1.63. The van der Waals surface area contributed by atoms with Crippen molar-refractivity contribution in [3.8, 4) is 5.69 Å². The van der Waals surface area contributed by atoms with Crippen LogP contribution < -0.4 is 22.1 Å². The monoisotopic (exact) mass is 409 g/mol. The second-order valence-corrected chi connectivity index (χ2v) is 8.40. The van der Waals surface area contributed by atoms with Gasteiger partial charge in [0.15, 0.2) is 0 Å². The molecular weight excluding hydrogens is 382 g/mol. The van der Waals surface area contributed by atoms with Crippen LogP contribution in [0.2, 0.25) is 0 Å². The third-order valence-corrected chi connectivity index (χ3v) is 6.40. The number of anilines is 1. The number of hydrogen-bond donors (Lipinski definition) is 3. The highest BCUT2D eigenvalue weighted by Gasteiger charge is 2.53. The maximum Gasteiger partial charge on any atom is 0.354 e. The molecule has 1 aromatic carbocycles. The predicted molar refractivity (Wildman–Crippen MR) is 114 cm³/mol. The SMILES string of the molecule is NC1C2CN(Cc3ccc(-n4ccc(NC(=O)N5CCNCC5)nc4=O)cc3)C[C@@H]12. The first-order valence-electron chi connectivity index (χ1n) is 10.5. The fourth-order valence-electron chi connectivity index (χ4n) is 4.53. The van der Waals surface area contributed by atoms with E-state index < -0.39 is 5.69 Å². The van der Waals surface area contributed by atoms with Gasteiger partial charge in [-0.15, -0.1) is 0 Å². The molecule has 0 spiro atoms. The molecule has 2 aliphatic heterocycles. The fraction of sp³-hybridized carbons (Fsp3) is 0.476. The normalized spacial score (nSPS) is 25.8. The lowest BCUT2D eigenvalue weighted by atomic mass is 10.2. The highest BCUT2D eigenvalue weighted by Crippen LogP contribution is 2.44. The van der Waals surface area contributed by atoms with E-state index >= 15 is 0 Å². The molecule has 30 heavy (non-hydrogen) atoms. The maximum absolute atomic E-state index is 12.5. The Balaban J connectivity index is 1.22. The van der Waals surface area contributed by atoms with Crippen LogP contribution in [0.1, 0.15) is 5.56 Å². The quantitative estimate of drug-likeness (QED) is 0.659. The largest absolute Gasteiger partial charge is 0.354 e. The van der Waals surface area contributed by atoms with Crippen molar-refractivity contribution >= 4 is 11.8 Å². The molecule has 4 N–H and O–H groups in total. The van der Waals surface area contributed by atoms with Gasteiger partial charge in [-0.2, -0.15) is 4.98 Å². The Morgan fingerprint density at radius 1 is 1.13 bits per heavy atom. The van der Waals surface area contributed by atoms with Gasteiger partial charge < -0.3 is 16.0 Å². The number of carbonyl (C=O) groups excluding carboxylic acids is 1. The molecule has 3 aliphatic rings. The zero-order valence-electron chi connectivity index (χ0n) is 16.8. The van der Waals surface area contributed by atoms with Crippen LogP contribution in [0.15, 0.2) is 41.3 Å². The molecule has 3 fully saturated rings.